The van der Waals surface area contributed by atoms with Crippen molar-refractivity contribution in [2.24, 2.45) is 0 Å². The molecule has 0 aliphatic heterocycles. The van der Waals surface area contributed by atoms with Crippen molar-refractivity contribution in [3.8, 4) is 11.5 Å². The molecule has 2 rings (SSSR count). The fourth-order valence-electron chi connectivity index (χ4n) is 2.09. The number of furan rings is 1. The predicted octanol–water partition coefficient (Wildman–Crippen LogP) is 2.81. The summed E-state index contributed by atoms with van der Waals surface area (Å²) < 4.78 is 15.6. The number of amides is 1. The Bertz CT molecular complexity index is 734. The van der Waals surface area contributed by atoms with Crippen molar-refractivity contribution in [2.45, 2.75) is 13.3 Å². The number of ether oxygens (including phenoxy) is 2. The Morgan fingerprint density at radius 3 is 2.39 bits per heavy atom. The highest BCUT2D eigenvalue weighted by molar-refractivity contribution is 6.04. The van der Waals surface area contributed by atoms with E-state index in [2.05, 4.69) is 5.32 Å². The Hall–Kier alpha value is -2.96. The second-order valence-electron chi connectivity index (χ2n) is 4.63. The van der Waals surface area contributed by atoms with Gasteiger partial charge in [0.1, 0.15) is 11.3 Å². The molecule has 1 amide bonds. The number of hydrogen-bond acceptors (Lipinski definition) is 5. The molecule has 0 saturated heterocycles. The van der Waals surface area contributed by atoms with Crippen molar-refractivity contribution >= 4 is 17.6 Å². The van der Waals surface area contributed by atoms with Gasteiger partial charge in [0.05, 0.1) is 14.2 Å². The van der Waals surface area contributed by atoms with Gasteiger partial charge in [0.2, 0.25) is 0 Å². The minimum atomic E-state index is -1.13. The average molecular weight is 319 g/mol. The lowest BCUT2D eigenvalue weighted by atomic mass is 10.2. The Morgan fingerprint density at radius 2 is 1.87 bits per heavy atom. The zero-order valence-electron chi connectivity index (χ0n) is 13.0. The topological polar surface area (TPSA) is 98.0 Å². The van der Waals surface area contributed by atoms with Crippen LogP contribution < -0.4 is 14.8 Å². The normalized spacial score (nSPS) is 10.2. The third-order valence-electron chi connectivity index (χ3n) is 3.23. The van der Waals surface area contributed by atoms with Gasteiger partial charge >= 0.3 is 5.97 Å². The second-order valence-corrected chi connectivity index (χ2v) is 4.63. The van der Waals surface area contributed by atoms with Crippen LogP contribution in [0.15, 0.2) is 28.7 Å². The van der Waals surface area contributed by atoms with E-state index in [0.717, 1.165) is 0 Å². The van der Waals surface area contributed by atoms with Gasteiger partial charge in [-0.15, -0.1) is 0 Å². The number of methoxy groups -OCH3 is 2. The maximum absolute atomic E-state index is 12.2. The molecular weight excluding hydrogens is 302 g/mol. The van der Waals surface area contributed by atoms with Gasteiger partial charge in [-0.3, -0.25) is 4.79 Å². The van der Waals surface area contributed by atoms with Gasteiger partial charge in [-0.25, -0.2) is 4.79 Å². The molecule has 0 aliphatic rings. The predicted molar refractivity (Wildman–Crippen MR) is 82.5 cm³/mol. The van der Waals surface area contributed by atoms with E-state index < -0.39 is 11.9 Å². The molecule has 1 aromatic carbocycles. The monoisotopic (exact) mass is 319 g/mol. The standard InChI is InChI=1S/C16H17NO6/c1-4-11-10(16(19)20)8-14(23-11)15(18)17-9-5-6-12(21-2)13(7-9)22-3/h5-8H,4H2,1-3H3,(H,17,18)(H,19,20). The summed E-state index contributed by atoms with van der Waals surface area (Å²) >= 11 is 0. The van der Waals surface area contributed by atoms with Crippen LogP contribution in [0.1, 0.15) is 33.6 Å². The number of carboxylic acid groups (broad SMARTS) is 1. The summed E-state index contributed by atoms with van der Waals surface area (Å²) in [6, 6.07) is 6.10. The number of nitrogens with one attached hydrogen (secondary N) is 1. The van der Waals surface area contributed by atoms with E-state index in [4.69, 9.17) is 19.0 Å². The summed E-state index contributed by atoms with van der Waals surface area (Å²) in [7, 11) is 3.00. The minimum absolute atomic E-state index is 0.00929. The van der Waals surface area contributed by atoms with E-state index in [-0.39, 0.29) is 17.1 Å². The van der Waals surface area contributed by atoms with Crippen molar-refractivity contribution in [1.29, 1.82) is 0 Å². The highest BCUT2D eigenvalue weighted by Gasteiger charge is 2.20. The summed E-state index contributed by atoms with van der Waals surface area (Å²) in [5, 5.41) is 11.7. The molecule has 2 aromatic rings. The number of carbonyl (C=O) groups is 2. The smallest absolute Gasteiger partial charge is 0.339 e. The number of hydrogen-bond donors (Lipinski definition) is 2. The molecule has 0 aliphatic carbocycles. The van der Waals surface area contributed by atoms with Crippen molar-refractivity contribution in [1.82, 2.24) is 0 Å². The van der Waals surface area contributed by atoms with Crippen molar-refractivity contribution in [2.75, 3.05) is 19.5 Å². The van der Waals surface area contributed by atoms with Crippen LogP contribution in [0.3, 0.4) is 0 Å². The molecule has 0 radical (unpaired) electrons. The van der Waals surface area contributed by atoms with Crippen LogP contribution in [0.5, 0.6) is 11.5 Å². The van der Waals surface area contributed by atoms with Gasteiger partial charge in [0.25, 0.3) is 5.91 Å². The molecule has 0 atom stereocenters. The molecule has 23 heavy (non-hydrogen) atoms. The van der Waals surface area contributed by atoms with E-state index in [9.17, 15) is 9.59 Å². The number of carbonyl (C=O) groups excluding carboxylic acids is 1. The van der Waals surface area contributed by atoms with Crippen molar-refractivity contribution in [3.63, 3.8) is 0 Å². The SMILES string of the molecule is CCc1oc(C(=O)Nc2ccc(OC)c(OC)c2)cc1C(=O)O. The quantitative estimate of drug-likeness (QED) is 0.849. The van der Waals surface area contributed by atoms with Gasteiger partial charge in [0.15, 0.2) is 17.3 Å². The molecule has 7 heteroatoms. The molecular formula is C16H17NO6. The van der Waals surface area contributed by atoms with E-state index in [1.54, 1.807) is 25.1 Å². The average Bonchev–Trinajstić information content (AvgIpc) is 2.99. The summed E-state index contributed by atoms with van der Waals surface area (Å²) in [4.78, 5) is 23.3. The first-order chi connectivity index (χ1) is 11.0. The van der Waals surface area contributed by atoms with Crippen LogP contribution >= 0.6 is 0 Å². The molecule has 122 valence electrons. The third kappa shape index (κ3) is 3.45. The zero-order chi connectivity index (χ0) is 17.0. The summed E-state index contributed by atoms with van der Waals surface area (Å²) in [6.07, 6.45) is 0.380. The Labute approximate surface area is 132 Å². The van der Waals surface area contributed by atoms with Crippen LogP contribution in [0.4, 0.5) is 5.69 Å². The molecule has 7 nitrogen and oxygen atoms in total. The molecule has 0 fully saturated rings. The van der Waals surface area contributed by atoms with Crippen molar-refractivity contribution in [3.05, 3.63) is 41.3 Å². The lowest BCUT2D eigenvalue weighted by molar-refractivity contribution is 0.0694. The summed E-state index contributed by atoms with van der Waals surface area (Å²) in [6.45, 7) is 1.75. The maximum atomic E-state index is 12.2. The van der Waals surface area contributed by atoms with Crippen LogP contribution in [-0.4, -0.2) is 31.2 Å². The number of anilines is 1. The molecule has 0 spiro atoms. The molecule has 1 heterocycles. The first-order valence-electron chi connectivity index (χ1n) is 6.89. The number of rotatable bonds is 6. The van der Waals surface area contributed by atoms with Crippen LogP contribution in [0.2, 0.25) is 0 Å². The van der Waals surface area contributed by atoms with E-state index >= 15 is 0 Å². The highest BCUT2D eigenvalue weighted by Crippen LogP contribution is 2.30. The van der Waals surface area contributed by atoms with Gasteiger partial charge in [-0.05, 0) is 12.1 Å². The third-order valence-corrected chi connectivity index (χ3v) is 3.23. The lowest BCUT2D eigenvalue weighted by Gasteiger charge is -2.09. The van der Waals surface area contributed by atoms with Gasteiger partial charge in [-0.2, -0.15) is 0 Å². The first kappa shape index (κ1) is 16.4. The Balaban J connectivity index is 2.24. The number of aromatic carboxylic acids is 1. The Kier molecular flexibility index (Phi) is 4.90. The maximum Gasteiger partial charge on any atom is 0.339 e. The molecule has 1 aromatic heterocycles. The molecule has 2 N–H and O–H groups in total. The second kappa shape index (κ2) is 6.87. The van der Waals surface area contributed by atoms with Gasteiger partial charge in [-0.1, -0.05) is 6.92 Å². The van der Waals surface area contributed by atoms with Crippen LogP contribution in [0.25, 0.3) is 0 Å². The minimum Gasteiger partial charge on any atom is -0.493 e. The number of aryl methyl sites for hydroxylation is 1. The Morgan fingerprint density at radius 1 is 1.17 bits per heavy atom. The summed E-state index contributed by atoms with van der Waals surface area (Å²) in [5.74, 6) is -0.477. The fourth-order valence-corrected chi connectivity index (χ4v) is 2.09. The van der Waals surface area contributed by atoms with E-state index in [1.165, 1.54) is 20.3 Å². The molecule has 0 saturated carbocycles. The largest absolute Gasteiger partial charge is 0.493 e. The molecule has 0 bridgehead atoms. The highest BCUT2D eigenvalue weighted by atomic mass is 16.5. The number of benzene rings is 1. The van der Waals surface area contributed by atoms with Crippen LogP contribution in [0, 0.1) is 0 Å². The van der Waals surface area contributed by atoms with Gasteiger partial charge in [0, 0.05) is 24.2 Å². The van der Waals surface area contributed by atoms with E-state index in [1.807, 2.05) is 0 Å². The summed E-state index contributed by atoms with van der Waals surface area (Å²) in [5.41, 5.74) is 0.462. The lowest BCUT2D eigenvalue weighted by Crippen LogP contribution is -2.11. The zero-order valence-corrected chi connectivity index (χ0v) is 13.0. The van der Waals surface area contributed by atoms with Crippen LogP contribution in [-0.2, 0) is 6.42 Å². The first-order valence-corrected chi connectivity index (χ1v) is 6.89. The number of carboxylic acids is 1. The van der Waals surface area contributed by atoms with Crippen molar-refractivity contribution < 1.29 is 28.6 Å². The van der Waals surface area contributed by atoms with Gasteiger partial charge < -0.3 is 24.3 Å². The van der Waals surface area contributed by atoms with E-state index in [0.29, 0.717) is 23.6 Å². The fraction of sp³-hybridized carbons (Fsp3) is 0.250. The molecule has 0 unspecified atom stereocenters.